The third kappa shape index (κ3) is 3.12. The Kier molecular flexibility index (Phi) is 3.87. The molecule has 0 amide bonds. The molecule has 0 unspecified atom stereocenters. The van der Waals surface area contributed by atoms with Crippen molar-refractivity contribution in [2.75, 3.05) is 19.4 Å². The van der Waals surface area contributed by atoms with Gasteiger partial charge in [-0.2, -0.15) is 0 Å². The normalized spacial score (nSPS) is 11.7. The van der Waals surface area contributed by atoms with Gasteiger partial charge in [-0.3, -0.25) is 0 Å². The lowest BCUT2D eigenvalue weighted by Gasteiger charge is -2.12. The third-order valence-electron chi connectivity index (χ3n) is 2.65. The number of nitrogens with zero attached hydrogens (tertiary/aromatic N) is 2. The zero-order valence-corrected chi connectivity index (χ0v) is 11.6. The van der Waals surface area contributed by atoms with E-state index in [9.17, 15) is 8.42 Å². The molecule has 2 N–H and O–H groups in total. The summed E-state index contributed by atoms with van der Waals surface area (Å²) in [6.07, 6.45) is 3.44. The maximum atomic E-state index is 11.9. The minimum absolute atomic E-state index is 0.279. The number of hydrogen-bond acceptors (Lipinski definition) is 4. The van der Waals surface area contributed by atoms with Gasteiger partial charge in [-0.15, -0.1) is 0 Å². The highest BCUT2D eigenvalue weighted by Crippen LogP contribution is 2.16. The fraction of sp³-hybridized carbons (Fsp3) is 0.250. The molecule has 2 aromatic rings. The van der Waals surface area contributed by atoms with Crippen LogP contribution in [0.15, 0.2) is 41.6 Å². The van der Waals surface area contributed by atoms with Crippen LogP contribution in [0.3, 0.4) is 0 Å². The molecule has 1 aromatic carbocycles. The van der Waals surface area contributed by atoms with Crippen LogP contribution in [-0.4, -0.2) is 36.8 Å². The van der Waals surface area contributed by atoms with E-state index in [0.29, 0.717) is 6.54 Å². The van der Waals surface area contributed by atoms with Crippen LogP contribution in [0.1, 0.15) is 5.82 Å². The average molecular weight is 280 g/mol. The number of aromatic amines is 1. The third-order valence-corrected chi connectivity index (χ3v) is 4.48. The maximum Gasteiger partial charge on any atom is 0.242 e. The minimum Gasteiger partial charge on any atom is -0.378 e. The maximum absolute atomic E-state index is 11.9. The summed E-state index contributed by atoms with van der Waals surface area (Å²) in [7, 11) is -0.340. The average Bonchev–Trinajstić information content (AvgIpc) is 2.90. The summed E-state index contributed by atoms with van der Waals surface area (Å²) in [5.74, 6) is 0.824. The van der Waals surface area contributed by atoms with Crippen LogP contribution in [0.25, 0.3) is 0 Å². The lowest BCUT2D eigenvalue weighted by molar-refractivity contribution is 0.521. The van der Waals surface area contributed by atoms with E-state index in [0.717, 1.165) is 11.5 Å². The molecule has 0 aliphatic heterocycles. The first-order valence-electron chi connectivity index (χ1n) is 5.75. The van der Waals surface area contributed by atoms with Crippen molar-refractivity contribution in [1.29, 1.82) is 0 Å². The first-order valence-corrected chi connectivity index (χ1v) is 7.19. The van der Waals surface area contributed by atoms with E-state index in [4.69, 9.17) is 0 Å². The highest BCUT2D eigenvalue weighted by molar-refractivity contribution is 7.89. The van der Waals surface area contributed by atoms with E-state index in [2.05, 4.69) is 15.3 Å². The van der Waals surface area contributed by atoms with Crippen LogP contribution in [0.5, 0.6) is 0 Å². The van der Waals surface area contributed by atoms with Gasteiger partial charge in [0.05, 0.1) is 11.4 Å². The lowest BCUT2D eigenvalue weighted by atomic mass is 10.3. The zero-order chi connectivity index (χ0) is 13.9. The van der Waals surface area contributed by atoms with E-state index in [1.54, 1.807) is 36.7 Å². The number of H-pyrrole nitrogens is 1. The van der Waals surface area contributed by atoms with Crippen molar-refractivity contribution in [2.45, 2.75) is 11.4 Å². The predicted molar refractivity (Wildman–Crippen MR) is 73.2 cm³/mol. The Morgan fingerprint density at radius 1 is 1.26 bits per heavy atom. The number of benzene rings is 1. The van der Waals surface area contributed by atoms with Crippen molar-refractivity contribution >= 4 is 15.7 Å². The van der Waals surface area contributed by atoms with Gasteiger partial charge in [0.15, 0.2) is 0 Å². The van der Waals surface area contributed by atoms with Gasteiger partial charge in [0.25, 0.3) is 0 Å². The molecule has 0 radical (unpaired) electrons. The first kappa shape index (κ1) is 13.6. The van der Waals surface area contributed by atoms with E-state index >= 15 is 0 Å². The number of sulfonamides is 1. The molecule has 19 heavy (non-hydrogen) atoms. The van der Waals surface area contributed by atoms with Crippen LogP contribution in [0, 0.1) is 0 Å². The second-order valence-electron chi connectivity index (χ2n) is 4.20. The highest BCUT2D eigenvalue weighted by atomic mass is 32.2. The molecule has 0 saturated carbocycles. The van der Waals surface area contributed by atoms with Crippen molar-refractivity contribution in [3.8, 4) is 0 Å². The van der Waals surface area contributed by atoms with Gasteiger partial charge in [0.1, 0.15) is 5.82 Å². The second-order valence-corrected chi connectivity index (χ2v) is 6.35. The molecule has 7 heteroatoms. The number of imidazole rings is 1. The van der Waals surface area contributed by atoms with Gasteiger partial charge in [0, 0.05) is 32.2 Å². The Morgan fingerprint density at radius 3 is 2.47 bits per heavy atom. The topological polar surface area (TPSA) is 78.1 Å². The molecule has 0 aliphatic rings. The van der Waals surface area contributed by atoms with Gasteiger partial charge in [-0.1, -0.05) is 0 Å². The molecular weight excluding hydrogens is 264 g/mol. The molecule has 0 spiro atoms. The number of rotatable bonds is 5. The van der Waals surface area contributed by atoms with Gasteiger partial charge < -0.3 is 10.3 Å². The van der Waals surface area contributed by atoms with Gasteiger partial charge in [-0.25, -0.2) is 17.7 Å². The fourth-order valence-corrected chi connectivity index (χ4v) is 2.44. The first-order chi connectivity index (χ1) is 9.00. The van der Waals surface area contributed by atoms with Gasteiger partial charge >= 0.3 is 0 Å². The zero-order valence-electron chi connectivity index (χ0n) is 10.8. The molecule has 1 aromatic heterocycles. The number of anilines is 1. The number of nitrogens with one attached hydrogen (secondary N) is 2. The molecular formula is C12H16N4O2S. The SMILES string of the molecule is CN(C)S(=O)(=O)c1ccc(NCc2ncc[nH]2)cc1. The van der Waals surface area contributed by atoms with E-state index < -0.39 is 10.0 Å². The molecule has 0 saturated heterocycles. The number of hydrogen-bond donors (Lipinski definition) is 2. The Bertz CT molecular complexity index is 618. The van der Waals surface area contributed by atoms with Crippen molar-refractivity contribution < 1.29 is 8.42 Å². The molecule has 1 heterocycles. The summed E-state index contributed by atoms with van der Waals surface area (Å²) in [6, 6.07) is 6.64. The van der Waals surface area contributed by atoms with Crippen LogP contribution >= 0.6 is 0 Å². The lowest BCUT2D eigenvalue weighted by Crippen LogP contribution is -2.22. The van der Waals surface area contributed by atoms with Crippen molar-refractivity contribution in [2.24, 2.45) is 0 Å². The highest BCUT2D eigenvalue weighted by Gasteiger charge is 2.16. The van der Waals surface area contributed by atoms with E-state index in [1.165, 1.54) is 18.4 Å². The van der Waals surface area contributed by atoms with E-state index in [1.807, 2.05) is 0 Å². The molecule has 0 atom stereocenters. The summed E-state index contributed by atoms with van der Waals surface area (Å²) >= 11 is 0. The Hall–Kier alpha value is -1.86. The van der Waals surface area contributed by atoms with Gasteiger partial charge in [-0.05, 0) is 24.3 Å². The minimum atomic E-state index is -3.36. The Balaban J connectivity index is 2.07. The predicted octanol–water partition coefficient (Wildman–Crippen LogP) is 1.27. The molecule has 0 fully saturated rings. The van der Waals surface area contributed by atoms with Crippen molar-refractivity contribution in [3.05, 3.63) is 42.5 Å². The largest absolute Gasteiger partial charge is 0.378 e. The second kappa shape index (κ2) is 5.41. The van der Waals surface area contributed by atoms with Crippen LogP contribution in [0.4, 0.5) is 5.69 Å². The summed E-state index contributed by atoms with van der Waals surface area (Å²) in [5.41, 5.74) is 0.842. The molecule has 0 aliphatic carbocycles. The van der Waals surface area contributed by atoms with Gasteiger partial charge in [0.2, 0.25) is 10.0 Å². The van der Waals surface area contributed by atoms with Crippen LogP contribution in [0.2, 0.25) is 0 Å². The monoisotopic (exact) mass is 280 g/mol. The fourth-order valence-electron chi connectivity index (χ4n) is 1.54. The molecule has 6 nitrogen and oxygen atoms in total. The van der Waals surface area contributed by atoms with E-state index in [-0.39, 0.29) is 4.90 Å². The Morgan fingerprint density at radius 2 is 1.95 bits per heavy atom. The quantitative estimate of drug-likeness (QED) is 0.864. The van der Waals surface area contributed by atoms with Crippen molar-refractivity contribution in [1.82, 2.24) is 14.3 Å². The summed E-state index contributed by atoms with van der Waals surface area (Å²) < 4.78 is 24.9. The Labute approximate surface area is 112 Å². The van der Waals surface area contributed by atoms with Crippen molar-refractivity contribution in [3.63, 3.8) is 0 Å². The molecule has 2 rings (SSSR count). The summed E-state index contributed by atoms with van der Waals surface area (Å²) in [5, 5.41) is 3.15. The summed E-state index contributed by atoms with van der Waals surface area (Å²) in [6.45, 7) is 0.562. The summed E-state index contributed by atoms with van der Waals surface area (Å²) in [4.78, 5) is 7.35. The molecule has 102 valence electrons. The van der Waals surface area contributed by atoms with Crippen LogP contribution < -0.4 is 5.32 Å². The molecule has 0 bridgehead atoms. The number of aromatic nitrogens is 2. The smallest absolute Gasteiger partial charge is 0.242 e. The standard InChI is InChI=1S/C12H16N4O2S/c1-16(2)19(17,18)11-5-3-10(4-6-11)15-9-12-13-7-8-14-12/h3-8,15H,9H2,1-2H3,(H,13,14). The van der Waals surface area contributed by atoms with Crippen LogP contribution in [-0.2, 0) is 16.6 Å².